The topological polar surface area (TPSA) is 66.0 Å². The van der Waals surface area contributed by atoms with Crippen LogP contribution < -0.4 is 19.5 Å². The van der Waals surface area contributed by atoms with Crippen molar-refractivity contribution >= 4 is 5.91 Å². The third-order valence-electron chi connectivity index (χ3n) is 4.97. The molecule has 0 fully saturated rings. The van der Waals surface area contributed by atoms with Gasteiger partial charge in [-0.1, -0.05) is 37.3 Å². The third kappa shape index (κ3) is 5.45. The van der Waals surface area contributed by atoms with Gasteiger partial charge in [0, 0.05) is 12.7 Å². The maximum absolute atomic E-state index is 13.0. The number of hydrogen-bond acceptors (Lipinski definition) is 5. The van der Waals surface area contributed by atoms with Crippen LogP contribution in [0, 0.1) is 0 Å². The summed E-state index contributed by atoms with van der Waals surface area (Å²) in [5.74, 6) is 1.27. The Bertz CT molecular complexity index is 775. The first kappa shape index (κ1) is 23.5. The Labute approximate surface area is 179 Å². The van der Waals surface area contributed by atoms with Gasteiger partial charge in [0.05, 0.1) is 26.4 Å². The normalized spacial score (nSPS) is 12.7. The summed E-state index contributed by atoms with van der Waals surface area (Å²) in [6.07, 6.45) is 0.714. The van der Waals surface area contributed by atoms with Crippen LogP contribution in [0.1, 0.15) is 50.0 Å². The van der Waals surface area contributed by atoms with Crippen LogP contribution in [0.3, 0.4) is 0 Å². The second-order valence-electron chi connectivity index (χ2n) is 6.70. The summed E-state index contributed by atoms with van der Waals surface area (Å²) in [4.78, 5) is 13.0. The molecule has 0 aliphatic carbocycles. The standard InChI is InChI=1S/C24H33NO5/c1-6-24(27-5,19-13-11-10-12-14-19)17-25-23(26)18-15-20(28-7-2)22(30-9-4)21(16-18)29-8-3/h10-16H,6-9,17H2,1-5H3,(H,25,26). The number of benzene rings is 2. The molecule has 2 rings (SSSR count). The lowest BCUT2D eigenvalue weighted by atomic mass is 9.90. The molecule has 6 heteroatoms. The van der Waals surface area contributed by atoms with Gasteiger partial charge in [-0.3, -0.25) is 4.79 Å². The number of methoxy groups -OCH3 is 1. The van der Waals surface area contributed by atoms with E-state index in [-0.39, 0.29) is 5.91 Å². The van der Waals surface area contributed by atoms with E-state index in [0.717, 1.165) is 5.56 Å². The molecular weight excluding hydrogens is 382 g/mol. The van der Waals surface area contributed by atoms with Crippen LogP contribution in [-0.2, 0) is 10.3 Å². The molecule has 0 saturated carbocycles. The summed E-state index contributed by atoms with van der Waals surface area (Å²) in [7, 11) is 1.67. The van der Waals surface area contributed by atoms with Crippen molar-refractivity contribution in [3.8, 4) is 17.2 Å². The third-order valence-corrected chi connectivity index (χ3v) is 4.97. The predicted molar refractivity (Wildman–Crippen MR) is 118 cm³/mol. The highest BCUT2D eigenvalue weighted by Gasteiger charge is 2.31. The van der Waals surface area contributed by atoms with Crippen molar-refractivity contribution in [1.29, 1.82) is 0 Å². The molecule has 2 aromatic carbocycles. The Kier molecular flexibility index (Phi) is 8.99. The molecule has 1 N–H and O–H groups in total. The van der Waals surface area contributed by atoms with Crippen molar-refractivity contribution in [2.45, 2.75) is 39.7 Å². The summed E-state index contributed by atoms with van der Waals surface area (Å²) in [5.41, 5.74) is 0.861. The van der Waals surface area contributed by atoms with Crippen molar-refractivity contribution in [1.82, 2.24) is 5.32 Å². The molecule has 6 nitrogen and oxygen atoms in total. The van der Waals surface area contributed by atoms with Crippen LogP contribution in [0.2, 0.25) is 0 Å². The summed E-state index contributed by atoms with van der Waals surface area (Å²) in [6, 6.07) is 13.3. The number of nitrogens with one attached hydrogen (secondary N) is 1. The molecule has 0 aromatic heterocycles. The van der Waals surface area contributed by atoms with E-state index in [1.54, 1.807) is 19.2 Å². The Balaban J connectivity index is 2.30. The Morgan fingerprint density at radius 1 is 0.900 bits per heavy atom. The zero-order valence-corrected chi connectivity index (χ0v) is 18.6. The highest BCUT2D eigenvalue weighted by Crippen LogP contribution is 2.39. The molecule has 0 aliphatic heterocycles. The molecule has 30 heavy (non-hydrogen) atoms. The van der Waals surface area contributed by atoms with Gasteiger partial charge in [-0.25, -0.2) is 0 Å². The van der Waals surface area contributed by atoms with Crippen molar-refractivity contribution in [3.63, 3.8) is 0 Å². The first-order chi connectivity index (χ1) is 14.5. The number of ether oxygens (including phenoxy) is 4. The first-order valence-corrected chi connectivity index (χ1v) is 10.5. The molecule has 1 atom stereocenters. The van der Waals surface area contributed by atoms with Crippen LogP contribution >= 0.6 is 0 Å². The molecule has 164 valence electrons. The van der Waals surface area contributed by atoms with Crippen LogP contribution in [-0.4, -0.2) is 39.4 Å². The second kappa shape index (κ2) is 11.5. The van der Waals surface area contributed by atoms with E-state index in [1.807, 2.05) is 58.0 Å². The molecule has 0 aliphatic rings. The van der Waals surface area contributed by atoms with Gasteiger partial charge in [0.2, 0.25) is 5.75 Å². The summed E-state index contributed by atoms with van der Waals surface area (Å²) >= 11 is 0. The molecule has 1 amide bonds. The predicted octanol–water partition coefficient (Wildman–Crippen LogP) is 4.56. The van der Waals surface area contributed by atoms with Gasteiger partial charge in [0.15, 0.2) is 11.5 Å². The van der Waals surface area contributed by atoms with E-state index in [2.05, 4.69) is 5.32 Å². The maximum Gasteiger partial charge on any atom is 0.251 e. The Morgan fingerprint density at radius 2 is 1.47 bits per heavy atom. The van der Waals surface area contributed by atoms with Crippen molar-refractivity contribution in [2.24, 2.45) is 0 Å². The van der Waals surface area contributed by atoms with E-state index in [0.29, 0.717) is 55.6 Å². The molecule has 0 heterocycles. The highest BCUT2D eigenvalue weighted by molar-refractivity contribution is 5.95. The van der Waals surface area contributed by atoms with Gasteiger partial charge in [-0.05, 0) is 44.9 Å². The summed E-state index contributed by atoms with van der Waals surface area (Å²) in [5, 5.41) is 3.01. The monoisotopic (exact) mass is 415 g/mol. The van der Waals surface area contributed by atoms with Gasteiger partial charge in [0.25, 0.3) is 5.91 Å². The molecule has 1 unspecified atom stereocenters. The minimum Gasteiger partial charge on any atom is -0.490 e. The van der Waals surface area contributed by atoms with Crippen LogP contribution in [0.15, 0.2) is 42.5 Å². The fourth-order valence-electron chi connectivity index (χ4n) is 3.35. The number of hydrogen-bond donors (Lipinski definition) is 1. The van der Waals surface area contributed by atoms with Crippen molar-refractivity contribution in [3.05, 3.63) is 53.6 Å². The van der Waals surface area contributed by atoms with E-state index in [4.69, 9.17) is 18.9 Å². The van der Waals surface area contributed by atoms with Crippen molar-refractivity contribution in [2.75, 3.05) is 33.5 Å². The fraction of sp³-hybridized carbons (Fsp3) is 0.458. The van der Waals surface area contributed by atoms with E-state index in [9.17, 15) is 4.79 Å². The lowest BCUT2D eigenvalue weighted by Crippen LogP contribution is -2.42. The molecule has 0 saturated heterocycles. The largest absolute Gasteiger partial charge is 0.490 e. The average Bonchev–Trinajstić information content (AvgIpc) is 2.77. The summed E-state index contributed by atoms with van der Waals surface area (Å²) < 4.78 is 23.0. The van der Waals surface area contributed by atoms with Gasteiger partial charge in [-0.2, -0.15) is 0 Å². The summed E-state index contributed by atoms with van der Waals surface area (Å²) in [6.45, 7) is 9.42. The maximum atomic E-state index is 13.0. The SMILES string of the molecule is CCOc1cc(C(=O)NCC(CC)(OC)c2ccccc2)cc(OCC)c1OCC. The van der Waals surface area contributed by atoms with E-state index in [1.165, 1.54) is 0 Å². The van der Waals surface area contributed by atoms with Gasteiger partial charge < -0.3 is 24.3 Å². The number of carbonyl (C=O) groups excluding carboxylic acids is 1. The van der Waals surface area contributed by atoms with Crippen LogP contribution in [0.4, 0.5) is 0 Å². The van der Waals surface area contributed by atoms with Crippen LogP contribution in [0.25, 0.3) is 0 Å². The number of rotatable bonds is 12. The molecule has 2 aromatic rings. The Hall–Kier alpha value is -2.73. The molecule has 0 radical (unpaired) electrons. The number of carbonyl (C=O) groups is 1. The zero-order chi connectivity index (χ0) is 22.0. The van der Waals surface area contributed by atoms with Gasteiger partial charge in [-0.15, -0.1) is 0 Å². The van der Waals surface area contributed by atoms with Crippen LogP contribution in [0.5, 0.6) is 17.2 Å². The molecule has 0 spiro atoms. The molecular formula is C24H33NO5. The zero-order valence-electron chi connectivity index (χ0n) is 18.6. The lowest BCUT2D eigenvalue weighted by Gasteiger charge is -2.32. The minimum absolute atomic E-state index is 0.231. The number of amides is 1. The quantitative estimate of drug-likeness (QED) is 0.550. The first-order valence-electron chi connectivity index (χ1n) is 10.5. The van der Waals surface area contributed by atoms with E-state index >= 15 is 0 Å². The van der Waals surface area contributed by atoms with Gasteiger partial charge >= 0.3 is 0 Å². The average molecular weight is 416 g/mol. The second-order valence-corrected chi connectivity index (χ2v) is 6.70. The lowest BCUT2D eigenvalue weighted by molar-refractivity contribution is -0.0164. The highest BCUT2D eigenvalue weighted by atomic mass is 16.5. The van der Waals surface area contributed by atoms with Gasteiger partial charge in [0.1, 0.15) is 5.60 Å². The van der Waals surface area contributed by atoms with E-state index < -0.39 is 5.60 Å². The minimum atomic E-state index is -0.603. The molecule has 0 bridgehead atoms. The smallest absolute Gasteiger partial charge is 0.251 e. The Morgan fingerprint density at radius 3 is 1.93 bits per heavy atom. The fourth-order valence-corrected chi connectivity index (χ4v) is 3.35. The van der Waals surface area contributed by atoms with Crippen molar-refractivity contribution < 1.29 is 23.7 Å².